The number of hydrogen-bond donors (Lipinski definition) is 0. The van der Waals surface area contributed by atoms with E-state index in [0.717, 1.165) is 38.8 Å². The molecule has 3 amide bonds. The van der Waals surface area contributed by atoms with Gasteiger partial charge in [-0.2, -0.15) is 0 Å². The largest absolute Gasteiger partial charge is 0.443 e. The second kappa shape index (κ2) is 6.86. The van der Waals surface area contributed by atoms with E-state index in [1.807, 2.05) is 27.8 Å². The quantitative estimate of drug-likeness (QED) is 0.747. The Balaban J connectivity index is 2.09. The van der Waals surface area contributed by atoms with Gasteiger partial charge in [0.15, 0.2) is 0 Å². The molecule has 1 saturated heterocycles. The van der Waals surface area contributed by atoms with Crippen LogP contribution in [0, 0.1) is 0 Å². The summed E-state index contributed by atoms with van der Waals surface area (Å²) < 4.78 is 5.47. The Morgan fingerprint density at radius 1 is 1.05 bits per heavy atom. The molecule has 0 aromatic heterocycles. The van der Waals surface area contributed by atoms with E-state index >= 15 is 0 Å². The van der Waals surface area contributed by atoms with Crippen LogP contribution in [0.3, 0.4) is 0 Å². The van der Waals surface area contributed by atoms with E-state index in [2.05, 4.69) is 4.90 Å². The number of hydrogen-bond acceptors (Lipinski definition) is 4. The maximum Gasteiger partial charge on any atom is 0.418 e. The molecule has 1 heterocycles. The summed E-state index contributed by atoms with van der Waals surface area (Å²) in [7, 11) is 2.05. The van der Waals surface area contributed by atoms with Gasteiger partial charge in [0.1, 0.15) is 5.60 Å². The van der Waals surface area contributed by atoms with Gasteiger partial charge in [-0.15, -0.1) is 0 Å². The van der Waals surface area contributed by atoms with Crippen LogP contribution in [0.4, 0.5) is 9.59 Å². The second-order valence-corrected chi connectivity index (χ2v) is 7.36. The van der Waals surface area contributed by atoms with Crippen molar-refractivity contribution in [3.8, 4) is 0 Å². The third kappa shape index (κ3) is 4.35. The SMILES string of the molecule is CN1CCN(C(=O)N(C(=O)OC(C)(C)C)C2CCCC2)CC1. The molecule has 0 atom stereocenters. The Bertz CT molecular complexity index is 405. The fraction of sp³-hybridized carbons (Fsp3) is 0.875. The van der Waals surface area contributed by atoms with Gasteiger partial charge in [0.05, 0.1) is 0 Å². The Labute approximate surface area is 133 Å². The molecule has 0 aromatic rings. The zero-order valence-electron chi connectivity index (χ0n) is 14.3. The number of rotatable bonds is 1. The van der Waals surface area contributed by atoms with E-state index in [-0.39, 0.29) is 12.1 Å². The summed E-state index contributed by atoms with van der Waals surface area (Å²) in [6.45, 7) is 8.52. The van der Waals surface area contributed by atoms with Gasteiger partial charge < -0.3 is 14.5 Å². The van der Waals surface area contributed by atoms with E-state index in [0.29, 0.717) is 13.1 Å². The van der Waals surface area contributed by atoms with Crippen LogP contribution in [0.25, 0.3) is 0 Å². The Kier molecular flexibility index (Phi) is 5.32. The summed E-state index contributed by atoms with van der Waals surface area (Å²) in [6.07, 6.45) is 3.42. The first-order valence-corrected chi connectivity index (χ1v) is 8.27. The van der Waals surface area contributed by atoms with Crippen LogP contribution in [0.2, 0.25) is 0 Å². The predicted molar refractivity (Wildman–Crippen MR) is 84.8 cm³/mol. The first-order valence-electron chi connectivity index (χ1n) is 8.27. The van der Waals surface area contributed by atoms with E-state index in [1.165, 1.54) is 4.90 Å². The van der Waals surface area contributed by atoms with Gasteiger partial charge in [-0.1, -0.05) is 12.8 Å². The molecule has 0 radical (unpaired) electrons. The van der Waals surface area contributed by atoms with Gasteiger partial charge in [-0.3, -0.25) is 0 Å². The fourth-order valence-corrected chi connectivity index (χ4v) is 3.01. The number of nitrogens with zero attached hydrogens (tertiary/aromatic N) is 3. The molecule has 6 nitrogen and oxygen atoms in total. The van der Waals surface area contributed by atoms with E-state index in [9.17, 15) is 9.59 Å². The highest BCUT2D eigenvalue weighted by molar-refractivity contribution is 5.91. The van der Waals surface area contributed by atoms with Crippen molar-refractivity contribution in [1.82, 2.24) is 14.7 Å². The number of amides is 3. The summed E-state index contributed by atoms with van der Waals surface area (Å²) in [5, 5.41) is 0. The standard InChI is InChI=1S/C16H29N3O3/c1-16(2,3)22-15(21)19(13-7-5-6-8-13)14(20)18-11-9-17(4)10-12-18/h13H,5-12H2,1-4H3. The van der Waals surface area contributed by atoms with Gasteiger partial charge in [0, 0.05) is 32.2 Å². The number of likely N-dealkylation sites (N-methyl/N-ethyl adjacent to an activating group) is 1. The highest BCUT2D eigenvalue weighted by Gasteiger charge is 2.37. The number of piperazine rings is 1. The Morgan fingerprint density at radius 3 is 2.09 bits per heavy atom. The number of carbonyl (C=O) groups excluding carboxylic acids is 2. The van der Waals surface area contributed by atoms with Crippen molar-refractivity contribution in [2.24, 2.45) is 0 Å². The monoisotopic (exact) mass is 311 g/mol. The van der Waals surface area contributed by atoms with Crippen molar-refractivity contribution in [2.75, 3.05) is 33.2 Å². The molecule has 126 valence electrons. The minimum atomic E-state index is -0.587. The lowest BCUT2D eigenvalue weighted by Gasteiger charge is -2.37. The van der Waals surface area contributed by atoms with Crippen molar-refractivity contribution < 1.29 is 14.3 Å². The van der Waals surface area contributed by atoms with Crippen molar-refractivity contribution in [1.29, 1.82) is 0 Å². The van der Waals surface area contributed by atoms with Crippen molar-refractivity contribution in [3.63, 3.8) is 0 Å². The summed E-state index contributed by atoms with van der Waals surface area (Å²) in [6, 6.07) is -0.198. The molecule has 6 heteroatoms. The average molecular weight is 311 g/mol. The third-order valence-electron chi connectivity index (χ3n) is 4.26. The summed E-state index contributed by atoms with van der Waals surface area (Å²) >= 11 is 0. The van der Waals surface area contributed by atoms with Crippen molar-refractivity contribution >= 4 is 12.1 Å². The third-order valence-corrected chi connectivity index (χ3v) is 4.26. The highest BCUT2D eigenvalue weighted by atomic mass is 16.6. The van der Waals surface area contributed by atoms with Gasteiger partial charge in [-0.05, 0) is 40.7 Å². The molecule has 1 aliphatic heterocycles. The number of imide groups is 1. The number of ether oxygens (including phenoxy) is 1. The molecule has 1 saturated carbocycles. The Hall–Kier alpha value is -1.30. The van der Waals surface area contributed by atoms with E-state index in [1.54, 1.807) is 4.90 Å². The maximum atomic E-state index is 12.9. The van der Waals surface area contributed by atoms with Crippen LogP contribution in [0.1, 0.15) is 46.5 Å². The summed E-state index contributed by atoms with van der Waals surface area (Å²) in [4.78, 5) is 30.7. The lowest BCUT2D eigenvalue weighted by atomic mass is 10.2. The molecular weight excluding hydrogens is 282 g/mol. The fourth-order valence-electron chi connectivity index (χ4n) is 3.01. The lowest BCUT2D eigenvalue weighted by Crippen LogP contribution is -2.56. The number of carbonyl (C=O) groups is 2. The zero-order chi connectivity index (χ0) is 16.3. The summed E-state index contributed by atoms with van der Waals surface area (Å²) in [5.41, 5.74) is -0.587. The predicted octanol–water partition coefficient (Wildman–Crippen LogP) is 2.53. The Morgan fingerprint density at radius 2 is 1.59 bits per heavy atom. The molecule has 0 N–H and O–H groups in total. The van der Waals surface area contributed by atoms with Gasteiger partial charge >= 0.3 is 12.1 Å². The molecule has 2 aliphatic rings. The summed E-state index contributed by atoms with van der Waals surface area (Å²) in [5.74, 6) is 0. The van der Waals surface area contributed by atoms with Crippen LogP contribution < -0.4 is 0 Å². The van der Waals surface area contributed by atoms with Crippen LogP contribution in [-0.2, 0) is 4.74 Å². The van der Waals surface area contributed by atoms with E-state index < -0.39 is 11.7 Å². The second-order valence-electron chi connectivity index (χ2n) is 7.36. The molecule has 1 aliphatic carbocycles. The van der Waals surface area contributed by atoms with Gasteiger partial charge in [0.2, 0.25) is 0 Å². The smallest absolute Gasteiger partial charge is 0.418 e. The van der Waals surface area contributed by atoms with Crippen LogP contribution in [-0.4, -0.2) is 71.7 Å². The van der Waals surface area contributed by atoms with Crippen LogP contribution in [0.15, 0.2) is 0 Å². The average Bonchev–Trinajstić information content (AvgIpc) is 2.91. The van der Waals surface area contributed by atoms with Crippen LogP contribution >= 0.6 is 0 Å². The molecule has 0 aromatic carbocycles. The number of urea groups is 1. The van der Waals surface area contributed by atoms with Crippen LogP contribution in [0.5, 0.6) is 0 Å². The first-order chi connectivity index (χ1) is 10.3. The molecule has 2 rings (SSSR count). The zero-order valence-corrected chi connectivity index (χ0v) is 14.3. The van der Waals surface area contributed by atoms with Crippen molar-refractivity contribution in [2.45, 2.75) is 58.1 Å². The van der Waals surface area contributed by atoms with Gasteiger partial charge in [-0.25, -0.2) is 14.5 Å². The minimum absolute atomic E-state index is 0.0120. The molecule has 0 bridgehead atoms. The maximum absolute atomic E-state index is 12.9. The molecule has 2 fully saturated rings. The topological polar surface area (TPSA) is 53.1 Å². The minimum Gasteiger partial charge on any atom is -0.443 e. The lowest BCUT2D eigenvalue weighted by molar-refractivity contribution is 0.0196. The highest BCUT2D eigenvalue weighted by Crippen LogP contribution is 2.26. The van der Waals surface area contributed by atoms with Gasteiger partial charge in [0.25, 0.3) is 0 Å². The first kappa shape index (κ1) is 17.1. The molecular formula is C16H29N3O3. The molecule has 0 spiro atoms. The molecule has 22 heavy (non-hydrogen) atoms. The molecule has 0 unspecified atom stereocenters. The van der Waals surface area contributed by atoms with E-state index in [4.69, 9.17) is 4.74 Å². The normalized spacial score (nSPS) is 21.0. The van der Waals surface area contributed by atoms with Crippen molar-refractivity contribution in [3.05, 3.63) is 0 Å².